The Bertz CT molecular complexity index is 809. The summed E-state index contributed by atoms with van der Waals surface area (Å²) in [6.45, 7) is 2.02. The maximum atomic E-state index is 6.08. The molecule has 0 aliphatic heterocycles. The maximum Gasteiger partial charge on any atom is 0.186 e. The number of nitrogens with two attached hydrogens (primary N) is 1. The number of hydrogen-bond donors (Lipinski definition) is 1. The first-order valence-electron chi connectivity index (χ1n) is 5.94. The normalized spacial score (nSPS) is 11.0. The first-order valence-corrected chi connectivity index (χ1v) is 8.30. The van der Waals surface area contributed by atoms with Gasteiger partial charge in [0.1, 0.15) is 0 Å². The van der Waals surface area contributed by atoms with Crippen LogP contribution in [-0.4, -0.2) is 5.16 Å². The predicted octanol–water partition coefficient (Wildman–Crippen LogP) is 6.03. The number of nitrogen functional groups attached to an aromatic ring is 1. The van der Waals surface area contributed by atoms with Crippen molar-refractivity contribution in [2.45, 2.75) is 6.92 Å². The lowest BCUT2D eigenvalue weighted by Gasteiger charge is -2.03. The summed E-state index contributed by atoms with van der Waals surface area (Å²) in [5, 5.41) is 4.83. The molecular weight excluding hydrogens is 395 g/mol. The quantitative estimate of drug-likeness (QED) is 0.568. The van der Waals surface area contributed by atoms with E-state index in [0.717, 1.165) is 25.4 Å². The minimum atomic E-state index is 0.325. The first-order chi connectivity index (χ1) is 9.97. The van der Waals surface area contributed by atoms with E-state index in [1.54, 1.807) is 23.5 Å². The number of benzene rings is 1. The Morgan fingerprint density at radius 3 is 2.62 bits per heavy atom. The lowest BCUT2D eigenvalue weighted by molar-refractivity contribution is 0.437. The third-order valence-corrected chi connectivity index (χ3v) is 5.88. The van der Waals surface area contributed by atoms with E-state index in [-0.39, 0.29) is 0 Å². The molecule has 21 heavy (non-hydrogen) atoms. The molecule has 0 saturated carbocycles. The van der Waals surface area contributed by atoms with Crippen LogP contribution in [0.25, 0.3) is 21.8 Å². The van der Waals surface area contributed by atoms with Crippen molar-refractivity contribution in [2.24, 2.45) is 0 Å². The van der Waals surface area contributed by atoms with Gasteiger partial charge in [-0.3, -0.25) is 0 Å². The van der Waals surface area contributed by atoms with Crippen LogP contribution in [-0.2, 0) is 0 Å². The summed E-state index contributed by atoms with van der Waals surface area (Å²) >= 11 is 17.1. The molecule has 0 unspecified atom stereocenters. The number of hydrogen-bond acceptors (Lipinski definition) is 4. The minimum Gasteiger partial charge on any atom is -0.380 e. The summed E-state index contributed by atoms with van der Waals surface area (Å²) < 4.78 is 6.46. The van der Waals surface area contributed by atoms with E-state index in [2.05, 4.69) is 21.1 Å². The fourth-order valence-electron chi connectivity index (χ4n) is 1.97. The van der Waals surface area contributed by atoms with Crippen molar-refractivity contribution in [1.82, 2.24) is 5.16 Å². The fourth-order valence-corrected chi connectivity index (χ4v) is 3.79. The van der Waals surface area contributed by atoms with Crippen molar-refractivity contribution in [1.29, 1.82) is 0 Å². The number of nitrogens with zero attached hydrogens (tertiary/aromatic N) is 1. The fraction of sp³-hybridized carbons (Fsp3) is 0.0714. The van der Waals surface area contributed by atoms with Crippen LogP contribution < -0.4 is 5.73 Å². The molecule has 0 atom stereocenters. The van der Waals surface area contributed by atoms with Crippen molar-refractivity contribution < 1.29 is 4.52 Å². The van der Waals surface area contributed by atoms with E-state index in [1.165, 1.54) is 0 Å². The second kappa shape index (κ2) is 5.65. The molecule has 0 fully saturated rings. The summed E-state index contributed by atoms with van der Waals surface area (Å²) in [6, 6.07) is 7.35. The van der Waals surface area contributed by atoms with Crippen molar-refractivity contribution in [2.75, 3.05) is 5.73 Å². The van der Waals surface area contributed by atoms with Crippen molar-refractivity contribution in [3.63, 3.8) is 0 Å². The Hall–Kier alpha value is -1.01. The summed E-state index contributed by atoms with van der Waals surface area (Å²) in [5.41, 5.74) is 8.63. The monoisotopic (exact) mass is 402 g/mol. The van der Waals surface area contributed by atoms with Gasteiger partial charge in [0, 0.05) is 0 Å². The van der Waals surface area contributed by atoms with Crippen molar-refractivity contribution >= 4 is 56.3 Å². The van der Waals surface area contributed by atoms with Crippen LogP contribution in [0.4, 0.5) is 5.82 Å². The molecule has 0 radical (unpaired) electrons. The van der Waals surface area contributed by atoms with Gasteiger partial charge in [0.2, 0.25) is 0 Å². The third kappa shape index (κ3) is 2.71. The zero-order chi connectivity index (χ0) is 15.1. The zero-order valence-corrected chi connectivity index (χ0v) is 14.7. The van der Waals surface area contributed by atoms with Gasteiger partial charge in [-0.15, -0.1) is 11.3 Å². The summed E-state index contributed by atoms with van der Waals surface area (Å²) in [5.74, 6) is 0.954. The number of aromatic nitrogens is 1. The van der Waals surface area contributed by atoms with Crippen LogP contribution in [0.15, 0.2) is 32.6 Å². The molecule has 3 nitrogen and oxygen atoms in total. The maximum absolute atomic E-state index is 6.08. The molecule has 0 aliphatic rings. The van der Waals surface area contributed by atoms with Gasteiger partial charge < -0.3 is 10.3 Å². The van der Waals surface area contributed by atoms with Gasteiger partial charge >= 0.3 is 0 Å². The Morgan fingerprint density at radius 2 is 2.00 bits per heavy atom. The standard InChI is InChI=1S/C14H9BrCl2N2OS/c1-6-4-10(21-13(6)15)12-11(14(18)19-20-12)7-2-3-8(16)9(17)5-7/h2-5H,1H3,(H2,18,19). The summed E-state index contributed by atoms with van der Waals surface area (Å²) in [4.78, 5) is 0.949. The Labute approximate surface area is 143 Å². The van der Waals surface area contributed by atoms with Crippen LogP contribution in [0.5, 0.6) is 0 Å². The first kappa shape index (κ1) is 14.9. The van der Waals surface area contributed by atoms with E-state index < -0.39 is 0 Å². The lowest BCUT2D eigenvalue weighted by atomic mass is 10.0. The molecule has 0 saturated heterocycles. The van der Waals surface area contributed by atoms with Crippen LogP contribution in [0.1, 0.15) is 5.56 Å². The second-order valence-corrected chi connectivity index (χ2v) is 7.65. The molecule has 0 aliphatic carbocycles. The lowest BCUT2D eigenvalue weighted by Crippen LogP contribution is -1.88. The zero-order valence-electron chi connectivity index (χ0n) is 10.8. The molecule has 0 bridgehead atoms. The Kier molecular flexibility index (Phi) is 4.01. The summed E-state index contributed by atoms with van der Waals surface area (Å²) in [7, 11) is 0. The third-order valence-electron chi connectivity index (χ3n) is 3.01. The topological polar surface area (TPSA) is 52.0 Å². The van der Waals surface area contributed by atoms with Crippen LogP contribution >= 0.6 is 50.5 Å². The van der Waals surface area contributed by atoms with Crippen LogP contribution in [0, 0.1) is 6.92 Å². The molecule has 0 amide bonds. The predicted molar refractivity (Wildman–Crippen MR) is 92.1 cm³/mol. The van der Waals surface area contributed by atoms with Gasteiger partial charge in [-0.25, -0.2) is 0 Å². The van der Waals surface area contributed by atoms with Crippen LogP contribution in [0.3, 0.4) is 0 Å². The highest BCUT2D eigenvalue weighted by atomic mass is 79.9. The highest BCUT2D eigenvalue weighted by molar-refractivity contribution is 9.11. The number of aryl methyl sites for hydroxylation is 1. The molecule has 2 heterocycles. The summed E-state index contributed by atoms with van der Waals surface area (Å²) in [6.07, 6.45) is 0. The highest BCUT2D eigenvalue weighted by Gasteiger charge is 2.20. The average molecular weight is 404 g/mol. The molecule has 2 N–H and O–H groups in total. The highest BCUT2D eigenvalue weighted by Crippen LogP contribution is 2.43. The molecule has 0 spiro atoms. The second-order valence-electron chi connectivity index (χ2n) is 4.47. The Balaban J connectivity index is 2.19. The van der Waals surface area contributed by atoms with Crippen molar-refractivity contribution in [3.8, 4) is 21.8 Å². The van der Waals surface area contributed by atoms with E-state index in [9.17, 15) is 0 Å². The molecule has 3 rings (SSSR count). The number of thiophene rings is 1. The molecule has 7 heteroatoms. The van der Waals surface area contributed by atoms with Gasteiger partial charge in [-0.1, -0.05) is 34.4 Å². The smallest absolute Gasteiger partial charge is 0.186 e. The van der Waals surface area contributed by atoms with E-state index in [1.807, 2.05) is 19.1 Å². The number of rotatable bonds is 2. The Morgan fingerprint density at radius 1 is 1.24 bits per heavy atom. The molecule has 3 aromatic rings. The van der Waals surface area contributed by atoms with Gasteiger partial charge in [0.25, 0.3) is 0 Å². The molecular formula is C14H9BrCl2N2OS. The van der Waals surface area contributed by atoms with Crippen LogP contribution in [0.2, 0.25) is 10.0 Å². The SMILES string of the molecule is Cc1cc(-c2onc(N)c2-c2ccc(Cl)c(Cl)c2)sc1Br. The van der Waals surface area contributed by atoms with E-state index >= 15 is 0 Å². The van der Waals surface area contributed by atoms with Gasteiger partial charge in [-0.2, -0.15) is 0 Å². The number of anilines is 1. The minimum absolute atomic E-state index is 0.325. The average Bonchev–Trinajstić information content (AvgIpc) is 2.97. The largest absolute Gasteiger partial charge is 0.380 e. The van der Waals surface area contributed by atoms with E-state index in [4.69, 9.17) is 33.5 Å². The molecule has 1 aromatic carbocycles. The van der Waals surface area contributed by atoms with Crippen molar-refractivity contribution in [3.05, 3.63) is 43.7 Å². The van der Waals surface area contributed by atoms with Gasteiger partial charge in [0.05, 0.1) is 24.3 Å². The van der Waals surface area contributed by atoms with Gasteiger partial charge in [-0.05, 0) is 52.2 Å². The van der Waals surface area contributed by atoms with E-state index in [0.29, 0.717) is 21.6 Å². The molecule has 2 aromatic heterocycles. The molecule has 108 valence electrons. The number of halogens is 3. The van der Waals surface area contributed by atoms with Gasteiger partial charge in [0.15, 0.2) is 11.6 Å².